The Morgan fingerprint density at radius 2 is 2.06 bits per heavy atom. The van der Waals surface area contributed by atoms with Crippen molar-refractivity contribution in [1.82, 2.24) is 5.16 Å². The van der Waals surface area contributed by atoms with Gasteiger partial charge in [-0.15, -0.1) is 0 Å². The molecule has 1 heterocycles. The molecule has 0 aliphatic rings. The Bertz CT molecular complexity index is 633. The standard InChI is InChI=1S/C12H10ClNO4/c1-5-3-8(15)11(13)6(2)10(5)7-4-9(12(16)17)18-14-7/h3-4,15H,1-2H3,(H,16,17). The van der Waals surface area contributed by atoms with Gasteiger partial charge in [-0.05, 0) is 31.0 Å². The molecule has 5 nitrogen and oxygen atoms in total. The van der Waals surface area contributed by atoms with Crippen LogP contribution in [0.15, 0.2) is 16.7 Å². The van der Waals surface area contributed by atoms with Gasteiger partial charge in [-0.2, -0.15) is 0 Å². The summed E-state index contributed by atoms with van der Waals surface area (Å²) < 4.78 is 4.71. The number of nitrogens with zero attached hydrogens (tertiary/aromatic N) is 1. The molecule has 2 aromatic rings. The second-order valence-corrected chi connectivity index (χ2v) is 4.29. The maximum absolute atomic E-state index is 10.7. The zero-order chi connectivity index (χ0) is 13.4. The van der Waals surface area contributed by atoms with Crippen LogP contribution in [0.5, 0.6) is 5.75 Å². The first kappa shape index (κ1) is 12.4. The molecule has 0 fully saturated rings. The van der Waals surface area contributed by atoms with Gasteiger partial charge in [-0.1, -0.05) is 16.8 Å². The number of halogens is 1. The van der Waals surface area contributed by atoms with Crippen LogP contribution < -0.4 is 0 Å². The highest BCUT2D eigenvalue weighted by Gasteiger charge is 2.18. The van der Waals surface area contributed by atoms with Crippen LogP contribution in [0.25, 0.3) is 11.3 Å². The Morgan fingerprint density at radius 1 is 1.39 bits per heavy atom. The number of aromatic nitrogens is 1. The Morgan fingerprint density at radius 3 is 2.61 bits per heavy atom. The van der Waals surface area contributed by atoms with Gasteiger partial charge in [0.1, 0.15) is 11.4 Å². The van der Waals surface area contributed by atoms with E-state index in [9.17, 15) is 9.90 Å². The largest absolute Gasteiger partial charge is 0.506 e. The third kappa shape index (κ3) is 1.93. The quantitative estimate of drug-likeness (QED) is 0.874. The maximum Gasteiger partial charge on any atom is 0.374 e. The molecule has 1 aromatic heterocycles. The number of hydrogen-bond donors (Lipinski definition) is 2. The summed E-state index contributed by atoms with van der Waals surface area (Å²) in [6, 6.07) is 2.82. The van der Waals surface area contributed by atoms with E-state index in [1.807, 2.05) is 0 Å². The van der Waals surface area contributed by atoms with Gasteiger partial charge in [0.25, 0.3) is 0 Å². The van der Waals surface area contributed by atoms with Crippen molar-refractivity contribution in [3.05, 3.63) is 34.0 Å². The average Bonchev–Trinajstić information content (AvgIpc) is 2.75. The van der Waals surface area contributed by atoms with E-state index in [0.717, 1.165) is 5.56 Å². The fraction of sp³-hybridized carbons (Fsp3) is 0.167. The van der Waals surface area contributed by atoms with Crippen LogP contribution in [0.3, 0.4) is 0 Å². The van der Waals surface area contributed by atoms with Crippen LogP contribution in [0, 0.1) is 13.8 Å². The highest BCUT2D eigenvalue weighted by Crippen LogP contribution is 2.37. The maximum atomic E-state index is 10.7. The molecule has 0 aliphatic carbocycles. The van der Waals surface area contributed by atoms with E-state index >= 15 is 0 Å². The number of carboxylic acid groups (broad SMARTS) is 1. The number of carboxylic acids is 1. The van der Waals surface area contributed by atoms with Crippen molar-refractivity contribution in [2.24, 2.45) is 0 Å². The lowest BCUT2D eigenvalue weighted by molar-refractivity contribution is 0.0652. The van der Waals surface area contributed by atoms with Crippen LogP contribution >= 0.6 is 11.6 Å². The Kier molecular flexibility index (Phi) is 3.00. The van der Waals surface area contributed by atoms with Gasteiger partial charge in [-0.3, -0.25) is 0 Å². The fourth-order valence-electron chi connectivity index (χ4n) is 1.83. The zero-order valence-corrected chi connectivity index (χ0v) is 10.4. The van der Waals surface area contributed by atoms with Gasteiger partial charge < -0.3 is 14.7 Å². The summed E-state index contributed by atoms with van der Waals surface area (Å²) in [6.45, 7) is 3.49. The minimum absolute atomic E-state index is 0.0163. The first-order valence-electron chi connectivity index (χ1n) is 5.11. The van der Waals surface area contributed by atoms with Gasteiger partial charge in [0.05, 0.1) is 5.02 Å². The van der Waals surface area contributed by atoms with Crippen molar-refractivity contribution in [3.63, 3.8) is 0 Å². The third-order valence-corrected chi connectivity index (χ3v) is 3.13. The van der Waals surface area contributed by atoms with E-state index < -0.39 is 5.97 Å². The van der Waals surface area contributed by atoms with Gasteiger partial charge in [0, 0.05) is 11.6 Å². The molecule has 0 saturated heterocycles. The van der Waals surface area contributed by atoms with E-state index in [-0.39, 0.29) is 16.5 Å². The van der Waals surface area contributed by atoms with Crippen molar-refractivity contribution in [1.29, 1.82) is 0 Å². The van der Waals surface area contributed by atoms with Gasteiger partial charge in [0.2, 0.25) is 5.76 Å². The normalized spacial score (nSPS) is 10.6. The van der Waals surface area contributed by atoms with Crippen LogP contribution in [0.2, 0.25) is 5.02 Å². The Labute approximate surface area is 108 Å². The van der Waals surface area contributed by atoms with Crippen LogP contribution in [0.4, 0.5) is 0 Å². The molecule has 0 atom stereocenters. The molecule has 0 unspecified atom stereocenters. The number of aryl methyl sites for hydroxylation is 1. The van der Waals surface area contributed by atoms with Crippen molar-refractivity contribution < 1.29 is 19.5 Å². The number of rotatable bonds is 2. The molecular weight excluding hydrogens is 258 g/mol. The summed E-state index contributed by atoms with van der Waals surface area (Å²) in [6.07, 6.45) is 0. The van der Waals surface area contributed by atoms with Crippen LogP contribution in [-0.4, -0.2) is 21.3 Å². The Balaban J connectivity index is 2.63. The van der Waals surface area contributed by atoms with Crippen molar-refractivity contribution >= 4 is 17.6 Å². The summed E-state index contributed by atoms with van der Waals surface area (Å²) in [4.78, 5) is 10.7. The van der Waals surface area contributed by atoms with E-state index in [1.165, 1.54) is 12.1 Å². The summed E-state index contributed by atoms with van der Waals surface area (Å²) in [7, 11) is 0. The molecule has 0 spiro atoms. The first-order chi connectivity index (χ1) is 8.41. The van der Waals surface area contributed by atoms with E-state index in [4.69, 9.17) is 21.2 Å². The molecule has 0 radical (unpaired) electrons. The number of aromatic hydroxyl groups is 1. The van der Waals surface area contributed by atoms with Crippen molar-refractivity contribution in [3.8, 4) is 17.0 Å². The molecule has 0 saturated carbocycles. The molecule has 0 aliphatic heterocycles. The molecule has 94 valence electrons. The predicted octanol–water partition coefficient (Wildman–Crippen LogP) is 3.02. The van der Waals surface area contributed by atoms with E-state index in [0.29, 0.717) is 16.8 Å². The highest BCUT2D eigenvalue weighted by atomic mass is 35.5. The van der Waals surface area contributed by atoms with Gasteiger partial charge in [0.15, 0.2) is 0 Å². The van der Waals surface area contributed by atoms with E-state index in [1.54, 1.807) is 13.8 Å². The highest BCUT2D eigenvalue weighted by molar-refractivity contribution is 6.33. The lowest BCUT2D eigenvalue weighted by atomic mass is 9.99. The molecule has 2 N–H and O–H groups in total. The summed E-state index contributed by atoms with van der Waals surface area (Å²) in [5, 5.41) is 22.3. The monoisotopic (exact) mass is 267 g/mol. The number of phenols is 1. The summed E-state index contributed by atoms with van der Waals surface area (Å²) in [5.41, 5.74) is 2.40. The molecule has 0 bridgehead atoms. The minimum atomic E-state index is -1.19. The van der Waals surface area contributed by atoms with E-state index in [2.05, 4.69) is 5.16 Å². The smallest absolute Gasteiger partial charge is 0.374 e. The summed E-state index contributed by atoms with van der Waals surface area (Å²) in [5.74, 6) is -1.45. The topological polar surface area (TPSA) is 83.6 Å². The number of hydrogen-bond acceptors (Lipinski definition) is 4. The van der Waals surface area contributed by atoms with Gasteiger partial charge in [-0.25, -0.2) is 4.79 Å². The number of phenolic OH excluding ortho intramolecular Hbond substituents is 1. The Hall–Kier alpha value is -2.01. The van der Waals surface area contributed by atoms with Crippen molar-refractivity contribution in [2.45, 2.75) is 13.8 Å². The molecular formula is C12H10ClNO4. The fourth-order valence-corrected chi connectivity index (χ4v) is 1.98. The average molecular weight is 268 g/mol. The molecule has 2 rings (SSSR count). The van der Waals surface area contributed by atoms with Crippen LogP contribution in [-0.2, 0) is 0 Å². The second kappa shape index (κ2) is 4.34. The van der Waals surface area contributed by atoms with Crippen LogP contribution in [0.1, 0.15) is 21.7 Å². The van der Waals surface area contributed by atoms with Crippen molar-refractivity contribution in [2.75, 3.05) is 0 Å². The second-order valence-electron chi connectivity index (χ2n) is 3.91. The van der Waals surface area contributed by atoms with Gasteiger partial charge >= 0.3 is 5.97 Å². The third-order valence-electron chi connectivity index (χ3n) is 2.65. The molecule has 18 heavy (non-hydrogen) atoms. The summed E-state index contributed by atoms with van der Waals surface area (Å²) >= 11 is 5.95. The number of carbonyl (C=O) groups is 1. The lowest BCUT2D eigenvalue weighted by Gasteiger charge is -2.10. The SMILES string of the molecule is Cc1cc(O)c(Cl)c(C)c1-c1cc(C(=O)O)on1. The minimum Gasteiger partial charge on any atom is -0.506 e. The number of benzene rings is 1. The molecule has 1 aromatic carbocycles. The molecule has 0 amide bonds. The lowest BCUT2D eigenvalue weighted by Crippen LogP contribution is -1.92. The molecule has 6 heteroatoms. The zero-order valence-electron chi connectivity index (χ0n) is 9.69. The predicted molar refractivity (Wildman–Crippen MR) is 65.0 cm³/mol. The number of aromatic carboxylic acids is 1. The first-order valence-corrected chi connectivity index (χ1v) is 5.48.